The van der Waals surface area contributed by atoms with Crippen molar-refractivity contribution in [1.82, 2.24) is 9.97 Å². The summed E-state index contributed by atoms with van der Waals surface area (Å²) in [5, 5.41) is 7.50. The number of thiazole rings is 1. The molecule has 7 heteroatoms. The van der Waals surface area contributed by atoms with E-state index in [4.69, 9.17) is 4.42 Å². The Morgan fingerprint density at radius 3 is 2.84 bits per heavy atom. The normalized spacial score (nSPS) is 11.3. The molecule has 4 aromatic rings. The van der Waals surface area contributed by atoms with Crippen molar-refractivity contribution in [3.8, 4) is 9.88 Å². The third-order valence-electron chi connectivity index (χ3n) is 3.62. The minimum atomic E-state index is -0.231. The van der Waals surface area contributed by atoms with E-state index in [1.807, 2.05) is 49.6 Å². The van der Waals surface area contributed by atoms with E-state index in [0.717, 1.165) is 21.0 Å². The van der Waals surface area contributed by atoms with E-state index < -0.39 is 0 Å². The number of thiophene rings is 1. The summed E-state index contributed by atoms with van der Waals surface area (Å²) in [6.07, 6.45) is 0. The number of rotatable bonds is 4. The number of anilines is 1. The Kier molecular flexibility index (Phi) is 4.10. The summed E-state index contributed by atoms with van der Waals surface area (Å²) in [4.78, 5) is 22.4. The zero-order valence-corrected chi connectivity index (χ0v) is 15.3. The molecule has 0 saturated carbocycles. The second kappa shape index (κ2) is 6.42. The van der Waals surface area contributed by atoms with Crippen molar-refractivity contribution in [2.75, 3.05) is 5.32 Å². The average Bonchev–Trinajstić information content (AvgIpc) is 3.33. The van der Waals surface area contributed by atoms with E-state index >= 15 is 0 Å². The summed E-state index contributed by atoms with van der Waals surface area (Å²) in [6, 6.07) is 9.41. The molecule has 3 heterocycles. The van der Waals surface area contributed by atoms with Crippen LogP contribution in [0.2, 0.25) is 0 Å². The molecular formula is C18H15N3O2S2. The van der Waals surface area contributed by atoms with Gasteiger partial charge in [0.15, 0.2) is 11.5 Å². The van der Waals surface area contributed by atoms with Crippen LogP contribution in [0, 0.1) is 0 Å². The molecule has 0 bridgehead atoms. The molecule has 0 saturated heterocycles. The molecule has 0 aliphatic heterocycles. The third kappa shape index (κ3) is 3.20. The predicted octanol–water partition coefficient (Wildman–Crippen LogP) is 5.39. The Morgan fingerprint density at radius 1 is 1.20 bits per heavy atom. The fraction of sp³-hybridized carbons (Fsp3) is 0.167. The van der Waals surface area contributed by atoms with Crippen LogP contribution < -0.4 is 5.32 Å². The van der Waals surface area contributed by atoms with Crippen molar-refractivity contribution in [1.29, 1.82) is 0 Å². The van der Waals surface area contributed by atoms with Crippen LogP contribution in [0.15, 0.2) is 45.5 Å². The summed E-state index contributed by atoms with van der Waals surface area (Å²) in [5.41, 5.74) is 2.54. The second-order valence-corrected chi connectivity index (χ2v) is 7.66. The van der Waals surface area contributed by atoms with Gasteiger partial charge in [-0.1, -0.05) is 19.9 Å². The topological polar surface area (TPSA) is 68.0 Å². The number of benzene rings is 1. The van der Waals surface area contributed by atoms with E-state index in [-0.39, 0.29) is 11.8 Å². The molecule has 0 aliphatic rings. The third-order valence-corrected chi connectivity index (χ3v) is 5.51. The quantitative estimate of drug-likeness (QED) is 0.524. The standard InChI is InChI=1S/C18H15N3O2S2/c1-10(2)17-20-12-8-11(5-6-14(12)23-17)19-16(22)13-9-25-18(21-13)15-4-3-7-24-15/h3-10H,1-2H3,(H,19,22). The van der Waals surface area contributed by atoms with Crippen molar-refractivity contribution in [2.24, 2.45) is 0 Å². The van der Waals surface area contributed by atoms with Crippen LogP contribution in [0.1, 0.15) is 36.1 Å². The van der Waals surface area contributed by atoms with E-state index in [1.54, 1.807) is 16.7 Å². The molecular weight excluding hydrogens is 354 g/mol. The van der Waals surface area contributed by atoms with Crippen LogP contribution in [-0.4, -0.2) is 15.9 Å². The number of fused-ring (bicyclic) bond motifs is 1. The van der Waals surface area contributed by atoms with Crippen LogP contribution in [-0.2, 0) is 0 Å². The maximum Gasteiger partial charge on any atom is 0.275 e. The summed E-state index contributed by atoms with van der Waals surface area (Å²) in [5.74, 6) is 0.681. The van der Waals surface area contributed by atoms with Crippen molar-refractivity contribution in [3.05, 3.63) is 52.7 Å². The van der Waals surface area contributed by atoms with Crippen LogP contribution >= 0.6 is 22.7 Å². The molecule has 25 heavy (non-hydrogen) atoms. The number of carbonyl (C=O) groups is 1. The Balaban J connectivity index is 1.55. The lowest BCUT2D eigenvalue weighted by molar-refractivity contribution is 0.102. The molecule has 126 valence electrons. The number of aromatic nitrogens is 2. The summed E-state index contributed by atoms with van der Waals surface area (Å²) >= 11 is 3.07. The molecule has 1 aromatic carbocycles. The molecule has 0 radical (unpaired) electrons. The van der Waals surface area contributed by atoms with Crippen LogP contribution in [0.25, 0.3) is 21.0 Å². The molecule has 0 fully saturated rings. The lowest BCUT2D eigenvalue weighted by atomic mass is 10.2. The molecule has 3 aromatic heterocycles. The van der Waals surface area contributed by atoms with Gasteiger partial charge in [0, 0.05) is 17.0 Å². The minimum absolute atomic E-state index is 0.219. The monoisotopic (exact) mass is 369 g/mol. The largest absolute Gasteiger partial charge is 0.440 e. The highest BCUT2D eigenvalue weighted by molar-refractivity contribution is 7.20. The first-order valence-electron chi connectivity index (χ1n) is 7.81. The van der Waals surface area contributed by atoms with Gasteiger partial charge in [0.2, 0.25) is 0 Å². The second-order valence-electron chi connectivity index (χ2n) is 5.86. The van der Waals surface area contributed by atoms with Gasteiger partial charge in [-0.2, -0.15) is 0 Å². The van der Waals surface area contributed by atoms with Gasteiger partial charge in [-0.05, 0) is 29.6 Å². The number of carbonyl (C=O) groups excluding carboxylic acids is 1. The van der Waals surface area contributed by atoms with Crippen molar-refractivity contribution < 1.29 is 9.21 Å². The maximum absolute atomic E-state index is 12.4. The lowest BCUT2D eigenvalue weighted by Crippen LogP contribution is -2.12. The molecule has 0 atom stereocenters. The first-order valence-corrected chi connectivity index (χ1v) is 9.57. The summed E-state index contributed by atoms with van der Waals surface area (Å²) < 4.78 is 5.69. The average molecular weight is 369 g/mol. The molecule has 0 unspecified atom stereocenters. The van der Waals surface area contributed by atoms with Gasteiger partial charge in [-0.15, -0.1) is 22.7 Å². The number of amides is 1. The fourth-order valence-electron chi connectivity index (χ4n) is 2.36. The maximum atomic E-state index is 12.4. The van der Waals surface area contributed by atoms with Gasteiger partial charge >= 0.3 is 0 Å². The smallest absolute Gasteiger partial charge is 0.275 e. The van der Waals surface area contributed by atoms with Crippen molar-refractivity contribution in [2.45, 2.75) is 19.8 Å². The Hall–Kier alpha value is -2.51. The number of hydrogen-bond donors (Lipinski definition) is 1. The molecule has 4 rings (SSSR count). The number of hydrogen-bond acceptors (Lipinski definition) is 6. The van der Waals surface area contributed by atoms with Gasteiger partial charge in [-0.25, -0.2) is 9.97 Å². The highest BCUT2D eigenvalue weighted by Crippen LogP contribution is 2.28. The SMILES string of the molecule is CC(C)c1nc2cc(NC(=O)c3csc(-c4cccs4)n3)ccc2o1. The molecule has 0 aliphatic carbocycles. The van der Waals surface area contributed by atoms with Crippen LogP contribution in [0.3, 0.4) is 0 Å². The number of oxazole rings is 1. The van der Waals surface area contributed by atoms with Gasteiger partial charge in [0.05, 0.1) is 4.88 Å². The summed E-state index contributed by atoms with van der Waals surface area (Å²) in [6.45, 7) is 4.06. The van der Waals surface area contributed by atoms with E-state index in [0.29, 0.717) is 17.3 Å². The molecule has 0 spiro atoms. The van der Waals surface area contributed by atoms with Crippen LogP contribution in [0.5, 0.6) is 0 Å². The van der Waals surface area contributed by atoms with Crippen molar-refractivity contribution in [3.63, 3.8) is 0 Å². The molecule has 1 N–H and O–H groups in total. The molecule has 5 nitrogen and oxygen atoms in total. The Bertz CT molecular complexity index is 1030. The summed E-state index contributed by atoms with van der Waals surface area (Å²) in [7, 11) is 0. The van der Waals surface area contributed by atoms with Crippen molar-refractivity contribution >= 4 is 45.4 Å². The Morgan fingerprint density at radius 2 is 2.08 bits per heavy atom. The minimum Gasteiger partial charge on any atom is -0.440 e. The van der Waals surface area contributed by atoms with Gasteiger partial charge in [-0.3, -0.25) is 4.79 Å². The zero-order chi connectivity index (χ0) is 17.4. The lowest BCUT2D eigenvalue weighted by Gasteiger charge is -2.02. The highest BCUT2D eigenvalue weighted by Gasteiger charge is 2.14. The number of nitrogens with zero attached hydrogens (tertiary/aromatic N) is 2. The first-order chi connectivity index (χ1) is 12.1. The fourth-order valence-corrected chi connectivity index (χ4v) is 3.97. The first kappa shape index (κ1) is 16.0. The zero-order valence-electron chi connectivity index (χ0n) is 13.6. The van der Waals surface area contributed by atoms with Gasteiger partial charge in [0.25, 0.3) is 5.91 Å². The van der Waals surface area contributed by atoms with E-state index in [2.05, 4.69) is 15.3 Å². The highest BCUT2D eigenvalue weighted by atomic mass is 32.1. The molecule has 1 amide bonds. The Labute approximate surface area is 152 Å². The predicted molar refractivity (Wildman–Crippen MR) is 101 cm³/mol. The van der Waals surface area contributed by atoms with Gasteiger partial charge in [0.1, 0.15) is 16.2 Å². The number of nitrogens with one attached hydrogen (secondary N) is 1. The van der Waals surface area contributed by atoms with E-state index in [1.165, 1.54) is 11.3 Å². The van der Waals surface area contributed by atoms with Gasteiger partial charge < -0.3 is 9.73 Å². The van der Waals surface area contributed by atoms with Crippen LogP contribution in [0.4, 0.5) is 5.69 Å². The van der Waals surface area contributed by atoms with E-state index in [9.17, 15) is 4.79 Å².